The Hall–Kier alpha value is -1.23. The van der Waals surface area contributed by atoms with Crippen LogP contribution < -0.4 is 10.6 Å². The number of halogens is 1. The van der Waals surface area contributed by atoms with E-state index >= 15 is 0 Å². The number of carboxylic acid groups (broad SMARTS) is 1. The summed E-state index contributed by atoms with van der Waals surface area (Å²) < 4.78 is 0. The molecule has 108 valence electrons. The van der Waals surface area contributed by atoms with E-state index in [0.717, 1.165) is 31.3 Å². The second kappa shape index (κ2) is 7.38. The van der Waals surface area contributed by atoms with Crippen LogP contribution in [0.5, 0.6) is 0 Å². The van der Waals surface area contributed by atoms with E-state index in [-0.39, 0.29) is 0 Å². The summed E-state index contributed by atoms with van der Waals surface area (Å²) in [7, 11) is 0. The Kier molecular flexibility index (Phi) is 6.15. The van der Waals surface area contributed by atoms with E-state index in [1.165, 1.54) is 5.54 Å². The van der Waals surface area contributed by atoms with Crippen molar-refractivity contribution in [2.45, 2.75) is 51.0 Å². The van der Waals surface area contributed by atoms with Crippen molar-refractivity contribution in [3.05, 3.63) is 11.1 Å². The quantitative estimate of drug-likeness (QED) is 0.696. The van der Waals surface area contributed by atoms with E-state index in [4.69, 9.17) is 11.6 Å². The number of carboxylic acids is 1. The van der Waals surface area contributed by atoms with E-state index < -0.39 is 17.5 Å². The van der Waals surface area contributed by atoms with E-state index in [0.29, 0.717) is 19.4 Å². The number of hydrogen-bond donors (Lipinski definition) is 3. The van der Waals surface area contributed by atoms with E-state index in [1.807, 2.05) is 0 Å². The zero-order valence-corrected chi connectivity index (χ0v) is 11.9. The molecule has 3 N–H and O–H groups in total. The number of carbonyl (C=O) groups is 2. The molecule has 0 saturated heterocycles. The number of rotatable bonds is 4. The lowest BCUT2D eigenvalue weighted by Crippen LogP contribution is -2.57. The summed E-state index contributed by atoms with van der Waals surface area (Å²) in [4.78, 5) is 23.3. The molecule has 5 nitrogen and oxygen atoms in total. The maximum atomic E-state index is 11.8. The van der Waals surface area contributed by atoms with Gasteiger partial charge >= 0.3 is 12.0 Å². The standard InChI is InChI=1S/C13H21ClN2O3/c1-10(8-14)9-15-12(19)16-13(11(17)18)6-4-2-3-5-7-13/h8H,2-7,9H2,1H3,(H,17,18)(H2,15,16,19). The van der Waals surface area contributed by atoms with Crippen LogP contribution in [0, 0.1) is 0 Å². The molecule has 0 radical (unpaired) electrons. The number of urea groups is 1. The highest BCUT2D eigenvalue weighted by atomic mass is 35.5. The highest BCUT2D eigenvalue weighted by molar-refractivity contribution is 6.25. The summed E-state index contributed by atoms with van der Waals surface area (Å²) in [6.07, 6.45) is 4.67. The zero-order valence-electron chi connectivity index (χ0n) is 11.2. The molecule has 0 heterocycles. The molecule has 19 heavy (non-hydrogen) atoms. The smallest absolute Gasteiger partial charge is 0.329 e. The first-order chi connectivity index (χ1) is 9.00. The van der Waals surface area contributed by atoms with Crippen molar-refractivity contribution in [2.24, 2.45) is 0 Å². The molecule has 0 aliphatic heterocycles. The Balaban J connectivity index is 2.62. The van der Waals surface area contributed by atoms with Crippen molar-refractivity contribution in [3.8, 4) is 0 Å². The average molecular weight is 289 g/mol. The largest absolute Gasteiger partial charge is 0.480 e. The van der Waals surface area contributed by atoms with Crippen LogP contribution in [0.3, 0.4) is 0 Å². The molecule has 1 aliphatic carbocycles. The Morgan fingerprint density at radius 1 is 1.26 bits per heavy atom. The highest BCUT2D eigenvalue weighted by Crippen LogP contribution is 2.27. The lowest BCUT2D eigenvalue weighted by molar-refractivity contribution is -0.145. The van der Waals surface area contributed by atoms with Gasteiger partial charge in [0.1, 0.15) is 5.54 Å². The number of aliphatic carboxylic acids is 1. The van der Waals surface area contributed by atoms with Gasteiger partial charge in [0.25, 0.3) is 0 Å². The third kappa shape index (κ3) is 4.74. The molecule has 6 heteroatoms. The van der Waals surface area contributed by atoms with Crippen LogP contribution in [0.1, 0.15) is 45.4 Å². The predicted octanol–water partition coefficient (Wildman–Crippen LogP) is 2.61. The molecule has 0 unspecified atom stereocenters. The summed E-state index contributed by atoms with van der Waals surface area (Å²) in [5, 5.41) is 14.7. The van der Waals surface area contributed by atoms with Gasteiger partial charge in [0.2, 0.25) is 0 Å². The maximum Gasteiger partial charge on any atom is 0.329 e. The maximum absolute atomic E-state index is 11.8. The number of carbonyl (C=O) groups excluding carboxylic acids is 1. The lowest BCUT2D eigenvalue weighted by Gasteiger charge is -2.29. The molecule has 1 saturated carbocycles. The first-order valence-electron chi connectivity index (χ1n) is 6.55. The number of hydrogen-bond acceptors (Lipinski definition) is 2. The normalized spacial score (nSPS) is 19.4. The first kappa shape index (κ1) is 15.8. The SMILES string of the molecule is CC(=CCl)CNC(=O)NC1(C(=O)O)CCCCCC1. The Morgan fingerprint density at radius 3 is 2.32 bits per heavy atom. The Labute approximate surface area is 118 Å². The fraction of sp³-hybridized carbons (Fsp3) is 0.692. The molecule has 0 aromatic rings. The van der Waals surface area contributed by atoms with Crippen LogP contribution in [0.15, 0.2) is 11.1 Å². The van der Waals surface area contributed by atoms with E-state index in [9.17, 15) is 14.7 Å². The van der Waals surface area contributed by atoms with Gasteiger partial charge in [-0.05, 0) is 25.3 Å². The van der Waals surface area contributed by atoms with Crippen molar-refractivity contribution in [1.29, 1.82) is 0 Å². The fourth-order valence-corrected chi connectivity index (χ4v) is 2.32. The molecule has 0 atom stereocenters. The van der Waals surface area contributed by atoms with Crippen molar-refractivity contribution >= 4 is 23.6 Å². The molecule has 1 rings (SSSR count). The van der Waals surface area contributed by atoms with Gasteiger partial charge in [0.05, 0.1) is 0 Å². The van der Waals surface area contributed by atoms with Gasteiger partial charge in [-0.25, -0.2) is 9.59 Å². The van der Waals surface area contributed by atoms with Crippen LogP contribution >= 0.6 is 11.6 Å². The van der Waals surface area contributed by atoms with E-state index in [1.54, 1.807) is 6.92 Å². The van der Waals surface area contributed by atoms with Crippen molar-refractivity contribution in [2.75, 3.05) is 6.54 Å². The van der Waals surface area contributed by atoms with Gasteiger partial charge in [0.15, 0.2) is 0 Å². The van der Waals surface area contributed by atoms with Gasteiger partial charge < -0.3 is 15.7 Å². The summed E-state index contributed by atoms with van der Waals surface area (Å²) in [5.74, 6) is -0.950. The van der Waals surface area contributed by atoms with Gasteiger partial charge in [0, 0.05) is 12.1 Å². The van der Waals surface area contributed by atoms with Crippen LogP contribution in [0.4, 0.5) is 4.79 Å². The molecular weight excluding hydrogens is 268 g/mol. The van der Waals surface area contributed by atoms with Gasteiger partial charge in [-0.2, -0.15) is 0 Å². The topological polar surface area (TPSA) is 78.4 Å². The Bertz CT molecular complexity index is 361. The Morgan fingerprint density at radius 2 is 1.84 bits per heavy atom. The van der Waals surface area contributed by atoms with Gasteiger partial charge in [-0.3, -0.25) is 0 Å². The molecule has 2 amide bonds. The second-order valence-corrected chi connectivity index (χ2v) is 5.28. The minimum Gasteiger partial charge on any atom is -0.480 e. The second-order valence-electron chi connectivity index (χ2n) is 5.06. The molecular formula is C13H21ClN2O3. The average Bonchev–Trinajstić information content (AvgIpc) is 2.62. The van der Waals surface area contributed by atoms with Crippen LogP contribution in [0.2, 0.25) is 0 Å². The van der Waals surface area contributed by atoms with Crippen molar-refractivity contribution in [3.63, 3.8) is 0 Å². The van der Waals surface area contributed by atoms with Gasteiger partial charge in [-0.15, -0.1) is 0 Å². The summed E-state index contributed by atoms with van der Waals surface area (Å²) in [6.45, 7) is 2.09. The zero-order chi connectivity index (χ0) is 14.3. The minimum absolute atomic E-state index is 0.311. The fourth-order valence-electron chi connectivity index (χ4n) is 2.24. The molecule has 0 aromatic heterocycles. The monoisotopic (exact) mass is 288 g/mol. The first-order valence-corrected chi connectivity index (χ1v) is 6.99. The van der Waals surface area contributed by atoms with Crippen LogP contribution in [-0.4, -0.2) is 29.2 Å². The predicted molar refractivity (Wildman–Crippen MR) is 74.2 cm³/mol. The molecule has 0 bridgehead atoms. The van der Waals surface area contributed by atoms with E-state index in [2.05, 4.69) is 10.6 Å². The minimum atomic E-state index is -1.13. The van der Waals surface area contributed by atoms with Crippen LogP contribution in [-0.2, 0) is 4.79 Å². The molecule has 0 aromatic carbocycles. The van der Waals surface area contributed by atoms with Gasteiger partial charge in [-0.1, -0.05) is 37.3 Å². The summed E-state index contributed by atoms with van der Waals surface area (Å²) >= 11 is 5.50. The number of amides is 2. The summed E-state index contributed by atoms with van der Waals surface area (Å²) in [6, 6.07) is -0.456. The molecule has 1 aliphatic rings. The molecule has 1 fully saturated rings. The highest BCUT2D eigenvalue weighted by Gasteiger charge is 2.39. The van der Waals surface area contributed by atoms with Crippen LogP contribution in [0.25, 0.3) is 0 Å². The van der Waals surface area contributed by atoms with Crippen molar-refractivity contribution < 1.29 is 14.7 Å². The lowest BCUT2D eigenvalue weighted by atomic mass is 9.90. The molecule has 0 spiro atoms. The number of nitrogens with one attached hydrogen (secondary N) is 2. The van der Waals surface area contributed by atoms with Crippen molar-refractivity contribution in [1.82, 2.24) is 10.6 Å². The summed E-state index contributed by atoms with van der Waals surface area (Å²) in [5.41, 5.74) is 1.07. The third-order valence-corrected chi connectivity index (χ3v) is 3.81. The third-order valence-electron chi connectivity index (χ3n) is 3.43.